The highest BCUT2D eigenvalue weighted by molar-refractivity contribution is 5.90. The van der Waals surface area contributed by atoms with Crippen LogP contribution in [0.1, 0.15) is 63.5 Å². The standard InChI is InChI=1S/C28H38FN3O4/c1-18-12-22(13-19(2)30-18)35-17-21-8-7-9-31(16-21)20(3)23-14-26-25(15-24(23)29)32(10-11-34-26)27(33)36-28(4,5)6/h12-15,20-21H,7-11,16-17H2,1-6H3/t20?,21-/m0/s1. The number of carbonyl (C=O) groups excluding carboxylic acids is 1. The third-order valence-corrected chi connectivity index (χ3v) is 6.64. The minimum absolute atomic E-state index is 0.135. The Kier molecular flexibility index (Phi) is 7.73. The minimum Gasteiger partial charge on any atom is -0.493 e. The molecule has 8 heteroatoms. The average molecular weight is 500 g/mol. The summed E-state index contributed by atoms with van der Waals surface area (Å²) in [6.07, 6.45) is 1.61. The molecule has 2 aliphatic heterocycles. The van der Waals surface area contributed by atoms with Crippen molar-refractivity contribution in [3.63, 3.8) is 0 Å². The van der Waals surface area contributed by atoms with Gasteiger partial charge in [0, 0.05) is 53.7 Å². The molecular weight excluding hydrogens is 461 g/mol. The number of piperidine rings is 1. The van der Waals surface area contributed by atoms with Gasteiger partial charge in [0.2, 0.25) is 0 Å². The van der Waals surface area contributed by atoms with Crippen molar-refractivity contribution in [1.82, 2.24) is 9.88 Å². The summed E-state index contributed by atoms with van der Waals surface area (Å²) in [7, 11) is 0. The van der Waals surface area contributed by atoms with Gasteiger partial charge in [0.15, 0.2) is 0 Å². The molecule has 1 unspecified atom stereocenters. The van der Waals surface area contributed by atoms with Crippen LogP contribution in [0.15, 0.2) is 24.3 Å². The van der Waals surface area contributed by atoms with E-state index in [1.54, 1.807) is 6.07 Å². The highest BCUT2D eigenvalue weighted by Crippen LogP contribution is 2.38. The second-order valence-corrected chi connectivity index (χ2v) is 10.9. The Labute approximate surface area is 213 Å². The lowest BCUT2D eigenvalue weighted by molar-refractivity contribution is 0.0567. The number of fused-ring (bicyclic) bond motifs is 1. The van der Waals surface area contributed by atoms with E-state index in [1.807, 2.05) is 53.7 Å². The van der Waals surface area contributed by atoms with E-state index in [0.29, 0.717) is 42.7 Å². The summed E-state index contributed by atoms with van der Waals surface area (Å²) in [6, 6.07) is 6.93. The van der Waals surface area contributed by atoms with E-state index in [9.17, 15) is 4.79 Å². The molecular formula is C28H38FN3O4. The summed E-state index contributed by atoms with van der Waals surface area (Å²) in [5.74, 6) is 1.37. The second-order valence-electron chi connectivity index (χ2n) is 10.9. The number of anilines is 1. The first-order valence-corrected chi connectivity index (χ1v) is 12.8. The maximum atomic E-state index is 15.4. The third kappa shape index (κ3) is 6.27. The van der Waals surface area contributed by atoms with Crippen molar-refractivity contribution in [3.05, 3.63) is 47.0 Å². The molecule has 196 valence electrons. The highest BCUT2D eigenvalue weighted by atomic mass is 19.1. The number of halogens is 1. The van der Waals surface area contributed by atoms with Gasteiger partial charge in [-0.15, -0.1) is 0 Å². The lowest BCUT2D eigenvalue weighted by Crippen LogP contribution is -2.42. The Morgan fingerprint density at radius 3 is 2.61 bits per heavy atom. The number of aryl methyl sites for hydroxylation is 2. The maximum absolute atomic E-state index is 15.4. The van der Waals surface area contributed by atoms with Crippen LogP contribution in [0.25, 0.3) is 0 Å². The van der Waals surface area contributed by atoms with Crippen LogP contribution in [-0.4, -0.2) is 54.4 Å². The summed E-state index contributed by atoms with van der Waals surface area (Å²) >= 11 is 0. The van der Waals surface area contributed by atoms with E-state index in [2.05, 4.69) is 9.88 Å². The van der Waals surface area contributed by atoms with Crippen LogP contribution in [0.3, 0.4) is 0 Å². The Balaban J connectivity index is 1.45. The summed E-state index contributed by atoms with van der Waals surface area (Å²) in [4.78, 5) is 20.9. The average Bonchev–Trinajstić information content (AvgIpc) is 2.80. The molecule has 0 bridgehead atoms. The second kappa shape index (κ2) is 10.6. The first-order valence-electron chi connectivity index (χ1n) is 12.8. The number of hydrogen-bond donors (Lipinski definition) is 0. The number of likely N-dealkylation sites (tertiary alicyclic amines) is 1. The van der Waals surface area contributed by atoms with Gasteiger partial charge in [-0.05, 0) is 67.0 Å². The number of nitrogens with zero attached hydrogens (tertiary/aromatic N) is 3. The van der Waals surface area contributed by atoms with Crippen molar-refractivity contribution in [2.24, 2.45) is 5.92 Å². The number of aromatic nitrogens is 1. The van der Waals surface area contributed by atoms with E-state index >= 15 is 4.39 Å². The van der Waals surface area contributed by atoms with E-state index in [0.717, 1.165) is 43.1 Å². The number of hydrogen-bond acceptors (Lipinski definition) is 6. The van der Waals surface area contributed by atoms with E-state index in [-0.39, 0.29) is 11.9 Å². The van der Waals surface area contributed by atoms with Gasteiger partial charge in [0.25, 0.3) is 0 Å². The molecule has 1 aromatic carbocycles. The van der Waals surface area contributed by atoms with Crippen molar-refractivity contribution in [2.45, 2.75) is 66.0 Å². The zero-order chi connectivity index (χ0) is 26.0. The van der Waals surface area contributed by atoms with Crippen LogP contribution in [0.5, 0.6) is 11.5 Å². The number of amides is 1. The Bertz CT molecular complexity index is 1080. The van der Waals surface area contributed by atoms with Crippen molar-refractivity contribution >= 4 is 11.8 Å². The summed E-state index contributed by atoms with van der Waals surface area (Å²) in [5, 5.41) is 0. The fourth-order valence-corrected chi connectivity index (χ4v) is 4.95. The zero-order valence-corrected chi connectivity index (χ0v) is 22.3. The van der Waals surface area contributed by atoms with Crippen molar-refractivity contribution in [2.75, 3.05) is 37.7 Å². The quantitative estimate of drug-likeness (QED) is 0.516. The van der Waals surface area contributed by atoms with Gasteiger partial charge in [-0.25, -0.2) is 9.18 Å². The molecule has 1 amide bonds. The minimum atomic E-state index is -0.633. The van der Waals surface area contributed by atoms with Crippen LogP contribution >= 0.6 is 0 Å². The van der Waals surface area contributed by atoms with Gasteiger partial charge in [0.1, 0.15) is 29.5 Å². The van der Waals surface area contributed by atoms with Gasteiger partial charge < -0.3 is 14.2 Å². The molecule has 1 aromatic heterocycles. The Hall–Kier alpha value is -2.87. The number of ether oxygens (including phenoxy) is 3. The molecule has 2 aliphatic rings. The maximum Gasteiger partial charge on any atom is 0.415 e. The van der Waals surface area contributed by atoms with Gasteiger partial charge in [-0.1, -0.05) is 0 Å². The number of pyridine rings is 1. The first-order chi connectivity index (χ1) is 17.0. The SMILES string of the molecule is Cc1cc(OC[C@H]2CCCN(C(C)c3cc4c(cc3F)N(C(=O)OC(C)(C)C)CCO4)C2)cc(C)n1. The summed E-state index contributed by atoms with van der Waals surface area (Å²) in [5.41, 5.74) is 2.24. The predicted molar refractivity (Wildman–Crippen MR) is 137 cm³/mol. The van der Waals surface area contributed by atoms with Crippen LogP contribution < -0.4 is 14.4 Å². The molecule has 4 rings (SSSR count). The number of rotatable bonds is 5. The zero-order valence-electron chi connectivity index (χ0n) is 22.3. The topological polar surface area (TPSA) is 64.1 Å². The van der Waals surface area contributed by atoms with Gasteiger partial charge in [-0.3, -0.25) is 14.8 Å². The Morgan fingerprint density at radius 2 is 1.92 bits per heavy atom. The first kappa shape index (κ1) is 26.2. The van der Waals surface area contributed by atoms with Crippen molar-refractivity contribution in [1.29, 1.82) is 0 Å². The molecule has 0 N–H and O–H groups in total. The van der Waals surface area contributed by atoms with Gasteiger partial charge in [-0.2, -0.15) is 0 Å². The monoisotopic (exact) mass is 499 g/mol. The fraction of sp³-hybridized carbons (Fsp3) is 0.571. The molecule has 0 radical (unpaired) electrons. The number of benzene rings is 1. The Morgan fingerprint density at radius 1 is 1.19 bits per heavy atom. The molecule has 36 heavy (non-hydrogen) atoms. The van der Waals surface area contributed by atoms with Crippen LogP contribution in [0.2, 0.25) is 0 Å². The smallest absolute Gasteiger partial charge is 0.415 e. The normalized spacial score (nSPS) is 19.3. The molecule has 2 atom stereocenters. The van der Waals surface area contributed by atoms with E-state index < -0.39 is 11.7 Å². The van der Waals surface area contributed by atoms with Gasteiger partial charge >= 0.3 is 6.09 Å². The molecule has 1 fully saturated rings. The van der Waals surface area contributed by atoms with Crippen LogP contribution in [0.4, 0.5) is 14.9 Å². The fourth-order valence-electron chi connectivity index (χ4n) is 4.95. The number of carbonyl (C=O) groups is 1. The van der Waals surface area contributed by atoms with Crippen molar-refractivity contribution < 1.29 is 23.4 Å². The molecule has 3 heterocycles. The molecule has 0 saturated carbocycles. The van der Waals surface area contributed by atoms with Crippen molar-refractivity contribution in [3.8, 4) is 11.5 Å². The van der Waals surface area contributed by atoms with Crippen LogP contribution in [0, 0.1) is 25.6 Å². The molecule has 2 aromatic rings. The lowest BCUT2D eigenvalue weighted by atomic mass is 9.95. The predicted octanol–water partition coefficient (Wildman–Crippen LogP) is 5.82. The largest absolute Gasteiger partial charge is 0.493 e. The molecule has 1 saturated heterocycles. The summed E-state index contributed by atoms with van der Waals surface area (Å²) < 4.78 is 32.9. The molecule has 0 aliphatic carbocycles. The highest BCUT2D eigenvalue weighted by Gasteiger charge is 2.32. The third-order valence-electron chi connectivity index (χ3n) is 6.64. The molecule has 0 spiro atoms. The van der Waals surface area contributed by atoms with Gasteiger partial charge in [0.05, 0.1) is 18.8 Å². The lowest BCUT2D eigenvalue weighted by Gasteiger charge is -2.37. The summed E-state index contributed by atoms with van der Waals surface area (Å²) in [6.45, 7) is 14.4. The van der Waals surface area contributed by atoms with Crippen LogP contribution in [-0.2, 0) is 4.74 Å². The van der Waals surface area contributed by atoms with E-state index in [1.165, 1.54) is 11.0 Å². The van der Waals surface area contributed by atoms with E-state index in [4.69, 9.17) is 14.2 Å². The molecule has 7 nitrogen and oxygen atoms in total.